The first kappa shape index (κ1) is 12.6. The number of rotatable bonds is 2. The predicted octanol–water partition coefficient (Wildman–Crippen LogP) is 2.62. The highest BCUT2D eigenvalue weighted by Crippen LogP contribution is 2.30. The van der Waals surface area contributed by atoms with Crippen molar-refractivity contribution in [1.82, 2.24) is 9.97 Å². The summed E-state index contributed by atoms with van der Waals surface area (Å²) < 4.78 is 0.716. The van der Waals surface area contributed by atoms with E-state index in [2.05, 4.69) is 31.2 Å². The molecule has 3 N–H and O–H groups in total. The van der Waals surface area contributed by atoms with Gasteiger partial charge in [-0.2, -0.15) is 0 Å². The maximum atomic E-state index is 12.1. The van der Waals surface area contributed by atoms with Crippen molar-refractivity contribution in [3.05, 3.63) is 32.9 Å². The molecule has 0 saturated carbocycles. The molecule has 0 aromatic carbocycles. The van der Waals surface area contributed by atoms with Crippen LogP contribution in [0.2, 0.25) is 0 Å². The van der Waals surface area contributed by atoms with Crippen LogP contribution in [0.1, 0.15) is 27.3 Å². The number of nitrogens with two attached hydrogens (primary N) is 1. The van der Waals surface area contributed by atoms with Crippen LogP contribution >= 0.6 is 27.3 Å². The zero-order valence-corrected chi connectivity index (χ0v) is 12.3. The van der Waals surface area contributed by atoms with Gasteiger partial charge in [-0.25, -0.2) is 9.97 Å². The van der Waals surface area contributed by atoms with E-state index >= 15 is 0 Å². The molecule has 1 amide bonds. The van der Waals surface area contributed by atoms with Crippen molar-refractivity contribution in [2.45, 2.75) is 19.3 Å². The lowest BCUT2D eigenvalue weighted by molar-refractivity contribution is 0.102. The van der Waals surface area contributed by atoms with Gasteiger partial charge in [0.2, 0.25) is 0 Å². The summed E-state index contributed by atoms with van der Waals surface area (Å²) in [6, 6.07) is 1.65. The van der Waals surface area contributed by atoms with Gasteiger partial charge in [0.1, 0.15) is 5.82 Å². The van der Waals surface area contributed by atoms with Gasteiger partial charge in [-0.05, 0) is 41.3 Å². The second-order valence-electron chi connectivity index (χ2n) is 4.28. The van der Waals surface area contributed by atoms with Crippen LogP contribution < -0.4 is 11.1 Å². The molecule has 1 aliphatic carbocycles. The van der Waals surface area contributed by atoms with E-state index in [1.165, 1.54) is 16.2 Å². The first-order chi connectivity index (χ1) is 9.13. The molecule has 7 heteroatoms. The van der Waals surface area contributed by atoms with Crippen LogP contribution in [0, 0.1) is 0 Å². The molecule has 0 spiro atoms. The van der Waals surface area contributed by atoms with Crippen molar-refractivity contribution in [2.75, 3.05) is 11.1 Å². The molecule has 3 rings (SSSR count). The summed E-state index contributed by atoms with van der Waals surface area (Å²) in [5, 5.41) is 3.42. The van der Waals surface area contributed by atoms with Gasteiger partial charge in [0.15, 0.2) is 5.13 Å². The van der Waals surface area contributed by atoms with Crippen LogP contribution in [0.25, 0.3) is 0 Å². The van der Waals surface area contributed by atoms with Crippen LogP contribution in [0.3, 0.4) is 0 Å². The Kier molecular flexibility index (Phi) is 3.24. The minimum absolute atomic E-state index is 0.213. The highest BCUT2D eigenvalue weighted by atomic mass is 79.9. The number of hydrogen-bond acceptors (Lipinski definition) is 5. The molecular formula is C12H11BrN4OS. The average Bonchev–Trinajstić information content (AvgIpc) is 2.92. The Bertz CT molecular complexity index is 634. The SMILES string of the molecule is Nc1ncc(Br)cc1C(=O)Nc1nc2c(s1)CCC2. The van der Waals surface area contributed by atoms with Gasteiger partial charge in [-0.1, -0.05) is 0 Å². The largest absolute Gasteiger partial charge is 0.383 e. The average molecular weight is 339 g/mol. The van der Waals surface area contributed by atoms with E-state index in [4.69, 9.17) is 5.73 Å². The fraction of sp³-hybridized carbons (Fsp3) is 0.250. The van der Waals surface area contributed by atoms with Gasteiger partial charge >= 0.3 is 0 Å². The Morgan fingerprint density at radius 3 is 3.11 bits per heavy atom. The van der Waals surface area contributed by atoms with E-state index in [0.29, 0.717) is 15.2 Å². The Morgan fingerprint density at radius 1 is 1.47 bits per heavy atom. The number of nitrogen functional groups attached to an aromatic ring is 1. The van der Waals surface area contributed by atoms with Crippen LogP contribution in [-0.4, -0.2) is 15.9 Å². The third-order valence-electron chi connectivity index (χ3n) is 2.95. The number of carbonyl (C=O) groups excluding carboxylic acids is 1. The van der Waals surface area contributed by atoms with Crippen molar-refractivity contribution in [3.63, 3.8) is 0 Å². The molecule has 2 aromatic heterocycles. The van der Waals surface area contributed by atoms with Gasteiger partial charge in [0, 0.05) is 15.5 Å². The number of aromatic nitrogens is 2. The zero-order valence-electron chi connectivity index (χ0n) is 9.94. The zero-order chi connectivity index (χ0) is 13.4. The van der Waals surface area contributed by atoms with Crippen LogP contribution in [0.15, 0.2) is 16.7 Å². The lowest BCUT2D eigenvalue weighted by Crippen LogP contribution is -2.14. The van der Waals surface area contributed by atoms with Crippen LogP contribution in [-0.2, 0) is 12.8 Å². The van der Waals surface area contributed by atoms with E-state index < -0.39 is 0 Å². The molecular weight excluding hydrogens is 328 g/mol. The van der Waals surface area contributed by atoms with E-state index in [-0.39, 0.29) is 11.7 Å². The monoisotopic (exact) mass is 338 g/mol. The number of thiazole rings is 1. The Labute approximate surface area is 122 Å². The number of amides is 1. The second kappa shape index (κ2) is 4.90. The lowest BCUT2D eigenvalue weighted by Gasteiger charge is -2.04. The number of aryl methyl sites for hydroxylation is 2. The summed E-state index contributed by atoms with van der Waals surface area (Å²) >= 11 is 4.81. The van der Waals surface area contributed by atoms with Gasteiger partial charge in [0.25, 0.3) is 5.91 Å². The molecule has 0 fully saturated rings. The van der Waals surface area contributed by atoms with Gasteiger partial charge < -0.3 is 5.73 Å². The number of nitrogens with zero attached hydrogens (tertiary/aromatic N) is 2. The fourth-order valence-corrected chi connectivity index (χ4v) is 3.42. The molecule has 0 aliphatic heterocycles. The standard InChI is InChI=1S/C12H11BrN4OS/c13-6-4-7(10(14)15-5-6)11(18)17-12-16-8-2-1-3-9(8)19-12/h4-5H,1-3H2,(H2,14,15)(H,16,17,18). The summed E-state index contributed by atoms with van der Waals surface area (Å²) in [6.07, 6.45) is 4.78. The highest BCUT2D eigenvalue weighted by Gasteiger charge is 2.19. The van der Waals surface area contributed by atoms with Crippen molar-refractivity contribution in [1.29, 1.82) is 0 Å². The van der Waals surface area contributed by atoms with Crippen molar-refractivity contribution in [2.24, 2.45) is 0 Å². The van der Waals surface area contributed by atoms with E-state index in [1.54, 1.807) is 12.3 Å². The topological polar surface area (TPSA) is 80.9 Å². The quantitative estimate of drug-likeness (QED) is 0.881. The number of hydrogen-bond donors (Lipinski definition) is 2. The molecule has 19 heavy (non-hydrogen) atoms. The van der Waals surface area contributed by atoms with E-state index in [0.717, 1.165) is 25.0 Å². The maximum Gasteiger partial charge on any atom is 0.261 e. The van der Waals surface area contributed by atoms with E-state index in [1.807, 2.05) is 0 Å². The highest BCUT2D eigenvalue weighted by molar-refractivity contribution is 9.10. The summed E-state index contributed by atoms with van der Waals surface area (Å²) in [6.45, 7) is 0. The Morgan fingerprint density at radius 2 is 2.32 bits per heavy atom. The predicted molar refractivity (Wildman–Crippen MR) is 78.4 cm³/mol. The third-order valence-corrected chi connectivity index (χ3v) is 4.45. The Hall–Kier alpha value is -1.47. The second-order valence-corrected chi connectivity index (χ2v) is 6.28. The normalized spacial score (nSPS) is 13.3. The molecule has 5 nitrogen and oxygen atoms in total. The molecule has 0 radical (unpaired) electrons. The first-order valence-corrected chi connectivity index (χ1v) is 7.45. The van der Waals surface area contributed by atoms with E-state index in [9.17, 15) is 4.79 Å². The Balaban J connectivity index is 1.82. The molecule has 98 valence electrons. The van der Waals surface area contributed by atoms with Crippen molar-refractivity contribution < 1.29 is 4.79 Å². The van der Waals surface area contributed by atoms with Crippen LogP contribution in [0.4, 0.5) is 10.9 Å². The van der Waals surface area contributed by atoms with Gasteiger partial charge in [-0.3, -0.25) is 10.1 Å². The minimum Gasteiger partial charge on any atom is -0.383 e. The first-order valence-electron chi connectivity index (χ1n) is 5.84. The van der Waals surface area contributed by atoms with Gasteiger partial charge in [-0.15, -0.1) is 11.3 Å². The third kappa shape index (κ3) is 2.48. The summed E-state index contributed by atoms with van der Waals surface area (Å²) in [5.74, 6) is -0.0662. The number of nitrogens with one attached hydrogen (secondary N) is 1. The van der Waals surface area contributed by atoms with Crippen LogP contribution in [0.5, 0.6) is 0 Å². The number of carbonyl (C=O) groups is 1. The van der Waals surface area contributed by atoms with Crippen molar-refractivity contribution in [3.8, 4) is 0 Å². The fourth-order valence-electron chi connectivity index (χ4n) is 2.04. The molecule has 2 aromatic rings. The molecule has 1 aliphatic rings. The number of anilines is 2. The maximum absolute atomic E-state index is 12.1. The smallest absolute Gasteiger partial charge is 0.261 e. The summed E-state index contributed by atoms with van der Waals surface area (Å²) in [7, 11) is 0. The number of fused-ring (bicyclic) bond motifs is 1. The molecule has 0 bridgehead atoms. The molecule has 0 atom stereocenters. The lowest BCUT2D eigenvalue weighted by atomic mass is 10.2. The minimum atomic E-state index is -0.279. The van der Waals surface area contributed by atoms with Gasteiger partial charge in [0.05, 0.1) is 11.3 Å². The number of halogens is 1. The summed E-state index contributed by atoms with van der Waals surface area (Å²) in [4.78, 5) is 21.8. The molecule has 0 saturated heterocycles. The molecule has 0 unspecified atom stereocenters. The molecule has 2 heterocycles. The number of pyridine rings is 1. The van der Waals surface area contributed by atoms with Crippen molar-refractivity contribution >= 4 is 44.1 Å². The summed E-state index contributed by atoms with van der Waals surface area (Å²) in [5.41, 5.74) is 7.17.